The number of likely N-dealkylation sites (N-methyl/N-ethyl adjacent to an activating group) is 1. The summed E-state index contributed by atoms with van der Waals surface area (Å²) < 4.78 is 10.4. The van der Waals surface area contributed by atoms with E-state index in [0.717, 1.165) is 0 Å². The van der Waals surface area contributed by atoms with Gasteiger partial charge in [-0.2, -0.15) is 0 Å². The minimum atomic E-state index is 0.143. The zero-order valence-electron chi connectivity index (χ0n) is 7.20. The highest BCUT2D eigenvalue weighted by Crippen LogP contribution is 2.16. The first-order chi connectivity index (χ1) is 5.33. The molecule has 0 saturated heterocycles. The molecule has 1 N–H and O–H groups in total. The van der Waals surface area contributed by atoms with Gasteiger partial charge >= 0.3 is 0 Å². The van der Waals surface area contributed by atoms with Gasteiger partial charge in [0.25, 0.3) is 0 Å². The lowest BCUT2D eigenvalue weighted by Gasteiger charge is -2.22. The molecule has 64 valence electrons. The number of hydrogen-bond donors (Lipinski definition) is 1. The first-order valence-corrected chi connectivity index (χ1v) is 3.74. The lowest BCUT2D eigenvalue weighted by atomic mass is 10.2. The van der Waals surface area contributed by atoms with Crippen LogP contribution in [0.1, 0.15) is 0 Å². The maximum absolute atomic E-state index is 5.22. The molecule has 1 rings (SSSR count). The van der Waals surface area contributed by atoms with Crippen LogP contribution in [-0.4, -0.2) is 39.5 Å². The van der Waals surface area contributed by atoms with Crippen molar-refractivity contribution in [3.8, 4) is 0 Å². The van der Waals surface area contributed by atoms with Crippen molar-refractivity contribution in [3.05, 3.63) is 12.2 Å². The van der Waals surface area contributed by atoms with Gasteiger partial charge in [0.1, 0.15) is 0 Å². The topological polar surface area (TPSA) is 30.5 Å². The predicted molar refractivity (Wildman–Crippen MR) is 43.6 cm³/mol. The quantitative estimate of drug-likeness (QED) is 0.593. The third-order valence-corrected chi connectivity index (χ3v) is 2.08. The van der Waals surface area contributed by atoms with E-state index in [4.69, 9.17) is 9.47 Å². The molecule has 11 heavy (non-hydrogen) atoms. The Morgan fingerprint density at radius 3 is 1.82 bits per heavy atom. The van der Waals surface area contributed by atoms with Gasteiger partial charge in [-0.3, -0.25) is 0 Å². The fourth-order valence-electron chi connectivity index (χ4n) is 1.42. The molecular formula is C8H15NO2. The van der Waals surface area contributed by atoms with Crippen LogP contribution in [0.25, 0.3) is 0 Å². The van der Waals surface area contributed by atoms with Gasteiger partial charge in [-0.05, 0) is 7.05 Å². The molecule has 0 aromatic heterocycles. The van der Waals surface area contributed by atoms with Crippen molar-refractivity contribution >= 4 is 0 Å². The van der Waals surface area contributed by atoms with Crippen molar-refractivity contribution in [2.75, 3.05) is 21.3 Å². The highest BCUT2D eigenvalue weighted by atomic mass is 16.5. The first kappa shape index (κ1) is 8.71. The zero-order chi connectivity index (χ0) is 8.27. The van der Waals surface area contributed by atoms with E-state index in [-0.39, 0.29) is 18.2 Å². The van der Waals surface area contributed by atoms with Gasteiger partial charge in [0.2, 0.25) is 0 Å². The van der Waals surface area contributed by atoms with E-state index in [9.17, 15) is 0 Å². The molecule has 0 amide bonds. The molecule has 2 unspecified atom stereocenters. The van der Waals surface area contributed by atoms with Gasteiger partial charge < -0.3 is 14.8 Å². The van der Waals surface area contributed by atoms with Crippen LogP contribution in [0, 0.1) is 0 Å². The summed E-state index contributed by atoms with van der Waals surface area (Å²) in [6, 6.07) is 0.255. The van der Waals surface area contributed by atoms with Gasteiger partial charge in [-0.15, -0.1) is 0 Å². The third kappa shape index (κ3) is 1.61. The average Bonchev–Trinajstić information content (AvgIpc) is 2.45. The summed E-state index contributed by atoms with van der Waals surface area (Å²) in [7, 11) is 5.32. The fraction of sp³-hybridized carbons (Fsp3) is 0.750. The Labute approximate surface area is 67.4 Å². The van der Waals surface area contributed by atoms with Gasteiger partial charge in [-0.25, -0.2) is 0 Å². The molecule has 0 radical (unpaired) electrons. The van der Waals surface area contributed by atoms with Crippen LogP contribution < -0.4 is 5.32 Å². The molecule has 1 aliphatic rings. The minimum Gasteiger partial charge on any atom is -0.376 e. The van der Waals surface area contributed by atoms with Crippen molar-refractivity contribution < 1.29 is 9.47 Å². The van der Waals surface area contributed by atoms with Crippen LogP contribution in [0.2, 0.25) is 0 Å². The second kappa shape index (κ2) is 3.85. The van der Waals surface area contributed by atoms with E-state index < -0.39 is 0 Å². The summed E-state index contributed by atoms with van der Waals surface area (Å²) in [6.45, 7) is 0. The Balaban J connectivity index is 2.54. The first-order valence-electron chi connectivity index (χ1n) is 3.74. The third-order valence-electron chi connectivity index (χ3n) is 2.08. The summed E-state index contributed by atoms with van der Waals surface area (Å²) in [5.74, 6) is 0. The SMILES string of the molecule is CNC1C(OC)C=CC1OC. The Kier molecular flexibility index (Phi) is 3.05. The highest BCUT2D eigenvalue weighted by Gasteiger charge is 2.29. The molecule has 0 aromatic rings. The monoisotopic (exact) mass is 157 g/mol. The summed E-state index contributed by atoms with van der Waals surface area (Å²) in [6.07, 6.45) is 4.33. The van der Waals surface area contributed by atoms with Crippen LogP contribution in [0.4, 0.5) is 0 Å². The molecule has 0 heterocycles. The fourth-order valence-corrected chi connectivity index (χ4v) is 1.42. The number of hydrogen-bond acceptors (Lipinski definition) is 3. The Morgan fingerprint density at radius 1 is 1.09 bits per heavy atom. The van der Waals surface area contributed by atoms with Crippen molar-refractivity contribution in [3.63, 3.8) is 0 Å². The van der Waals surface area contributed by atoms with E-state index in [0.29, 0.717) is 0 Å². The van der Waals surface area contributed by atoms with Crippen molar-refractivity contribution in [1.82, 2.24) is 5.32 Å². The van der Waals surface area contributed by atoms with E-state index >= 15 is 0 Å². The maximum atomic E-state index is 5.22. The molecule has 0 fully saturated rings. The van der Waals surface area contributed by atoms with Crippen molar-refractivity contribution in [2.24, 2.45) is 0 Å². The van der Waals surface area contributed by atoms with Gasteiger partial charge in [0.15, 0.2) is 0 Å². The normalized spacial score (nSPS) is 36.5. The molecule has 3 nitrogen and oxygen atoms in total. The molecule has 0 saturated carbocycles. The summed E-state index contributed by atoms with van der Waals surface area (Å²) >= 11 is 0. The average molecular weight is 157 g/mol. The molecule has 0 aromatic carbocycles. The molecule has 0 spiro atoms. The van der Waals surface area contributed by atoms with Crippen LogP contribution in [0.15, 0.2) is 12.2 Å². The summed E-state index contributed by atoms with van der Waals surface area (Å²) in [4.78, 5) is 0. The van der Waals surface area contributed by atoms with E-state index in [2.05, 4.69) is 5.32 Å². The number of nitrogens with one attached hydrogen (secondary N) is 1. The Bertz CT molecular complexity index is 133. The van der Waals surface area contributed by atoms with Crippen LogP contribution in [0.3, 0.4) is 0 Å². The Morgan fingerprint density at radius 2 is 1.55 bits per heavy atom. The van der Waals surface area contributed by atoms with E-state index in [1.165, 1.54) is 0 Å². The molecule has 0 aliphatic heterocycles. The van der Waals surface area contributed by atoms with Crippen LogP contribution in [0.5, 0.6) is 0 Å². The smallest absolute Gasteiger partial charge is 0.0934 e. The second-order valence-corrected chi connectivity index (χ2v) is 2.60. The number of methoxy groups -OCH3 is 2. The molecule has 0 bridgehead atoms. The molecular weight excluding hydrogens is 142 g/mol. The second-order valence-electron chi connectivity index (χ2n) is 2.60. The molecule has 1 aliphatic carbocycles. The van der Waals surface area contributed by atoms with E-state index in [1.54, 1.807) is 14.2 Å². The van der Waals surface area contributed by atoms with Crippen LogP contribution >= 0.6 is 0 Å². The number of rotatable bonds is 3. The largest absolute Gasteiger partial charge is 0.376 e. The van der Waals surface area contributed by atoms with Crippen molar-refractivity contribution in [2.45, 2.75) is 18.2 Å². The predicted octanol–water partition coefficient (Wildman–Crippen LogP) is 0.174. The Hall–Kier alpha value is -0.380. The van der Waals surface area contributed by atoms with Gasteiger partial charge in [-0.1, -0.05) is 12.2 Å². The van der Waals surface area contributed by atoms with E-state index in [1.807, 2.05) is 19.2 Å². The van der Waals surface area contributed by atoms with Crippen LogP contribution in [-0.2, 0) is 9.47 Å². The maximum Gasteiger partial charge on any atom is 0.0934 e. The standard InChI is InChI=1S/C8H15NO2/c1-9-8-6(10-2)4-5-7(8)11-3/h4-9H,1-3H3. The minimum absolute atomic E-state index is 0.143. The molecule has 3 heteroatoms. The van der Waals surface area contributed by atoms with Gasteiger partial charge in [0.05, 0.1) is 18.2 Å². The number of ether oxygens (including phenoxy) is 2. The van der Waals surface area contributed by atoms with Crippen molar-refractivity contribution in [1.29, 1.82) is 0 Å². The summed E-state index contributed by atoms with van der Waals surface area (Å²) in [5.41, 5.74) is 0. The van der Waals surface area contributed by atoms with Gasteiger partial charge in [0, 0.05) is 14.2 Å². The highest BCUT2D eigenvalue weighted by molar-refractivity contribution is 5.13. The lowest BCUT2D eigenvalue weighted by molar-refractivity contribution is 0.0485. The summed E-state index contributed by atoms with van der Waals surface area (Å²) in [5, 5.41) is 3.15. The zero-order valence-corrected chi connectivity index (χ0v) is 7.20. The lowest BCUT2D eigenvalue weighted by Crippen LogP contribution is -2.43. The molecule has 2 atom stereocenters.